The first-order valence-electron chi connectivity index (χ1n) is 7.14. The van der Waals surface area contributed by atoms with Gasteiger partial charge in [0.05, 0.1) is 11.6 Å². The van der Waals surface area contributed by atoms with E-state index in [0.29, 0.717) is 36.1 Å². The Labute approximate surface area is 129 Å². The first kappa shape index (κ1) is 16.0. The summed E-state index contributed by atoms with van der Waals surface area (Å²) in [5.41, 5.74) is 6.90. The SMILES string of the molecule is Cc1ccc(OCCN)c(C(=O)N[C@H](C)c2n[nH]c(C)n2)c1. The zero-order chi connectivity index (χ0) is 16.1. The zero-order valence-electron chi connectivity index (χ0n) is 13.0. The molecule has 118 valence electrons. The lowest BCUT2D eigenvalue weighted by Crippen LogP contribution is -2.28. The number of hydrogen-bond acceptors (Lipinski definition) is 5. The van der Waals surface area contributed by atoms with E-state index in [-0.39, 0.29) is 11.9 Å². The van der Waals surface area contributed by atoms with Crippen LogP contribution in [0.5, 0.6) is 5.75 Å². The molecule has 1 heterocycles. The number of H-pyrrole nitrogens is 1. The first-order valence-corrected chi connectivity index (χ1v) is 7.14. The van der Waals surface area contributed by atoms with Gasteiger partial charge in [-0.3, -0.25) is 9.89 Å². The molecule has 0 fully saturated rings. The zero-order valence-corrected chi connectivity index (χ0v) is 13.0. The van der Waals surface area contributed by atoms with Gasteiger partial charge in [-0.25, -0.2) is 4.98 Å². The summed E-state index contributed by atoms with van der Waals surface area (Å²) in [5.74, 6) is 1.54. The fourth-order valence-electron chi connectivity index (χ4n) is 2.01. The number of nitrogens with zero attached hydrogens (tertiary/aromatic N) is 2. The van der Waals surface area contributed by atoms with E-state index in [1.165, 1.54) is 0 Å². The minimum absolute atomic E-state index is 0.231. The molecule has 0 bridgehead atoms. The number of amides is 1. The van der Waals surface area contributed by atoms with Gasteiger partial charge in [0.2, 0.25) is 0 Å². The first-order chi connectivity index (χ1) is 10.5. The van der Waals surface area contributed by atoms with E-state index in [1.54, 1.807) is 12.1 Å². The third-order valence-electron chi connectivity index (χ3n) is 3.10. The molecule has 0 radical (unpaired) electrons. The number of nitrogens with two attached hydrogens (primary N) is 1. The van der Waals surface area contributed by atoms with Crippen molar-refractivity contribution in [2.24, 2.45) is 5.73 Å². The van der Waals surface area contributed by atoms with Gasteiger partial charge in [-0.15, -0.1) is 0 Å². The maximum absolute atomic E-state index is 12.5. The van der Waals surface area contributed by atoms with Crippen molar-refractivity contribution in [3.05, 3.63) is 41.0 Å². The number of carbonyl (C=O) groups is 1. The second kappa shape index (κ2) is 7.04. The summed E-state index contributed by atoms with van der Waals surface area (Å²) in [6.45, 7) is 6.31. The number of aromatic nitrogens is 3. The quantitative estimate of drug-likeness (QED) is 0.744. The van der Waals surface area contributed by atoms with Gasteiger partial charge < -0.3 is 15.8 Å². The second-order valence-electron chi connectivity index (χ2n) is 5.11. The van der Waals surface area contributed by atoms with Crippen molar-refractivity contribution < 1.29 is 9.53 Å². The van der Waals surface area contributed by atoms with Crippen LogP contribution >= 0.6 is 0 Å². The van der Waals surface area contributed by atoms with Gasteiger partial charge in [0.1, 0.15) is 18.2 Å². The molecule has 0 saturated heterocycles. The van der Waals surface area contributed by atoms with Crippen molar-refractivity contribution in [3.8, 4) is 5.75 Å². The van der Waals surface area contributed by atoms with Crippen molar-refractivity contribution in [3.63, 3.8) is 0 Å². The Morgan fingerprint density at radius 1 is 1.45 bits per heavy atom. The highest BCUT2D eigenvalue weighted by Crippen LogP contribution is 2.21. The monoisotopic (exact) mass is 303 g/mol. The van der Waals surface area contributed by atoms with E-state index < -0.39 is 0 Å². The molecular formula is C15H21N5O2. The number of aromatic amines is 1. The standard InChI is InChI=1S/C15H21N5O2/c1-9-4-5-13(22-7-6-16)12(8-9)15(21)17-10(2)14-18-11(3)19-20-14/h4-5,8,10H,6-7,16H2,1-3H3,(H,17,21)(H,18,19,20)/t10-/m1/s1. The molecule has 1 aromatic carbocycles. The summed E-state index contributed by atoms with van der Waals surface area (Å²) in [5, 5.41) is 9.69. The van der Waals surface area contributed by atoms with Gasteiger partial charge in [-0.05, 0) is 32.9 Å². The van der Waals surface area contributed by atoms with E-state index in [2.05, 4.69) is 20.5 Å². The molecule has 2 aromatic rings. The lowest BCUT2D eigenvalue weighted by molar-refractivity contribution is 0.0934. The van der Waals surface area contributed by atoms with Gasteiger partial charge >= 0.3 is 0 Å². The maximum atomic E-state index is 12.5. The molecule has 2 rings (SSSR count). The highest BCUT2D eigenvalue weighted by molar-refractivity contribution is 5.97. The Balaban J connectivity index is 2.15. The van der Waals surface area contributed by atoms with Gasteiger partial charge in [-0.1, -0.05) is 11.6 Å². The van der Waals surface area contributed by atoms with Crippen LogP contribution in [0.15, 0.2) is 18.2 Å². The van der Waals surface area contributed by atoms with Crippen molar-refractivity contribution in [2.75, 3.05) is 13.2 Å². The Hall–Kier alpha value is -2.41. The number of rotatable bonds is 6. The number of aryl methyl sites for hydroxylation is 2. The Morgan fingerprint density at radius 3 is 2.86 bits per heavy atom. The fraction of sp³-hybridized carbons (Fsp3) is 0.400. The smallest absolute Gasteiger partial charge is 0.255 e. The van der Waals surface area contributed by atoms with Crippen molar-refractivity contribution in [1.82, 2.24) is 20.5 Å². The minimum Gasteiger partial charge on any atom is -0.491 e. The summed E-state index contributed by atoms with van der Waals surface area (Å²) >= 11 is 0. The Bertz CT molecular complexity index is 653. The lowest BCUT2D eigenvalue weighted by Gasteiger charge is -2.14. The van der Waals surface area contributed by atoms with Gasteiger partial charge in [-0.2, -0.15) is 5.10 Å². The molecule has 0 spiro atoms. The van der Waals surface area contributed by atoms with Crippen LogP contribution in [-0.2, 0) is 0 Å². The van der Waals surface area contributed by atoms with Crippen LogP contribution in [0.25, 0.3) is 0 Å². The van der Waals surface area contributed by atoms with E-state index in [0.717, 1.165) is 5.56 Å². The van der Waals surface area contributed by atoms with Crippen molar-refractivity contribution in [2.45, 2.75) is 26.8 Å². The molecule has 1 aromatic heterocycles. The molecular weight excluding hydrogens is 282 g/mol. The van der Waals surface area contributed by atoms with Crippen LogP contribution in [-0.4, -0.2) is 34.2 Å². The van der Waals surface area contributed by atoms with Crippen molar-refractivity contribution in [1.29, 1.82) is 0 Å². The number of ether oxygens (including phenoxy) is 1. The molecule has 1 amide bonds. The summed E-state index contributed by atoms with van der Waals surface area (Å²) in [7, 11) is 0. The summed E-state index contributed by atoms with van der Waals surface area (Å²) in [6.07, 6.45) is 0. The molecule has 0 aliphatic carbocycles. The predicted molar refractivity (Wildman–Crippen MR) is 82.7 cm³/mol. The minimum atomic E-state index is -0.305. The largest absolute Gasteiger partial charge is 0.491 e. The molecule has 7 heteroatoms. The van der Waals surface area contributed by atoms with Gasteiger partial charge in [0.15, 0.2) is 5.82 Å². The second-order valence-corrected chi connectivity index (χ2v) is 5.11. The van der Waals surface area contributed by atoms with Gasteiger partial charge in [0.25, 0.3) is 5.91 Å². The third kappa shape index (κ3) is 3.82. The number of carbonyl (C=O) groups excluding carboxylic acids is 1. The highest BCUT2D eigenvalue weighted by atomic mass is 16.5. The van der Waals surface area contributed by atoms with Crippen LogP contribution in [0.2, 0.25) is 0 Å². The Morgan fingerprint density at radius 2 is 2.23 bits per heavy atom. The molecule has 22 heavy (non-hydrogen) atoms. The van der Waals surface area contributed by atoms with E-state index >= 15 is 0 Å². The lowest BCUT2D eigenvalue weighted by atomic mass is 10.1. The summed E-state index contributed by atoms with van der Waals surface area (Å²) in [4.78, 5) is 16.7. The van der Waals surface area contributed by atoms with Crippen molar-refractivity contribution >= 4 is 5.91 Å². The topological polar surface area (TPSA) is 106 Å². The van der Waals surface area contributed by atoms with Crippen LogP contribution in [0.1, 0.15) is 40.5 Å². The average molecular weight is 303 g/mol. The highest BCUT2D eigenvalue weighted by Gasteiger charge is 2.18. The summed E-state index contributed by atoms with van der Waals surface area (Å²) < 4.78 is 5.53. The number of hydrogen-bond donors (Lipinski definition) is 3. The molecule has 0 aliphatic heterocycles. The van der Waals surface area contributed by atoms with Crippen LogP contribution in [0.3, 0.4) is 0 Å². The molecule has 7 nitrogen and oxygen atoms in total. The van der Waals surface area contributed by atoms with E-state index in [4.69, 9.17) is 10.5 Å². The maximum Gasteiger partial charge on any atom is 0.255 e. The normalized spacial score (nSPS) is 12.0. The van der Waals surface area contributed by atoms with E-state index in [9.17, 15) is 4.79 Å². The Kier molecular flexibility index (Phi) is 5.11. The molecule has 1 atom stereocenters. The van der Waals surface area contributed by atoms with Crippen LogP contribution in [0, 0.1) is 13.8 Å². The molecule has 0 aliphatic rings. The van der Waals surface area contributed by atoms with Crippen LogP contribution in [0.4, 0.5) is 0 Å². The average Bonchev–Trinajstić information content (AvgIpc) is 2.92. The molecule has 4 N–H and O–H groups in total. The number of benzene rings is 1. The molecule has 0 saturated carbocycles. The third-order valence-corrected chi connectivity index (χ3v) is 3.10. The molecule has 0 unspecified atom stereocenters. The van der Waals surface area contributed by atoms with Crippen LogP contribution < -0.4 is 15.8 Å². The predicted octanol–water partition coefficient (Wildman–Crippen LogP) is 1.25. The van der Waals surface area contributed by atoms with Gasteiger partial charge in [0, 0.05) is 6.54 Å². The number of nitrogens with one attached hydrogen (secondary N) is 2. The fourth-order valence-corrected chi connectivity index (χ4v) is 2.01. The summed E-state index contributed by atoms with van der Waals surface area (Å²) in [6, 6.07) is 5.16. The van der Waals surface area contributed by atoms with E-state index in [1.807, 2.05) is 26.8 Å².